The van der Waals surface area contributed by atoms with Crippen LogP contribution in [0.4, 0.5) is 5.00 Å². The Morgan fingerprint density at radius 1 is 1.00 bits per heavy atom. The maximum atomic E-state index is 13.7. The largest absolute Gasteiger partial charge is 0.465 e. The van der Waals surface area contributed by atoms with Crippen molar-refractivity contribution in [3.05, 3.63) is 81.7 Å². The topological polar surface area (TPSA) is 88.6 Å². The Bertz CT molecular complexity index is 1490. The third-order valence-electron chi connectivity index (χ3n) is 6.32. The molecule has 0 spiro atoms. The number of aryl methyl sites for hydroxylation is 1. The van der Waals surface area contributed by atoms with Crippen LogP contribution in [0.2, 0.25) is 0 Å². The van der Waals surface area contributed by atoms with E-state index < -0.39 is 11.9 Å². The van der Waals surface area contributed by atoms with Crippen LogP contribution in [0.1, 0.15) is 55.4 Å². The summed E-state index contributed by atoms with van der Waals surface area (Å²) in [6.07, 6.45) is 0. The Morgan fingerprint density at radius 3 is 2.32 bits per heavy atom. The van der Waals surface area contributed by atoms with E-state index in [1.54, 1.807) is 17.9 Å². The Morgan fingerprint density at radius 2 is 1.68 bits per heavy atom. The lowest BCUT2D eigenvalue weighted by atomic mass is 10.0. The first-order valence-electron chi connectivity index (χ1n) is 12.1. The summed E-state index contributed by atoms with van der Waals surface area (Å²) in [5, 5.41) is 3.86. The van der Waals surface area contributed by atoms with Crippen LogP contribution in [-0.2, 0) is 4.74 Å². The highest BCUT2D eigenvalue weighted by atomic mass is 32.1. The molecule has 37 heavy (non-hydrogen) atoms. The van der Waals surface area contributed by atoms with Gasteiger partial charge in [0.05, 0.1) is 34.3 Å². The summed E-state index contributed by atoms with van der Waals surface area (Å²) >= 11 is 1.09. The van der Waals surface area contributed by atoms with Gasteiger partial charge in [0.15, 0.2) is 0 Å². The van der Waals surface area contributed by atoms with Gasteiger partial charge in [-0.25, -0.2) is 9.78 Å². The lowest BCUT2D eigenvalue weighted by Crippen LogP contribution is -2.30. The van der Waals surface area contributed by atoms with Gasteiger partial charge in [-0.15, -0.1) is 11.3 Å². The number of carbonyl (C=O) groups is 3. The van der Waals surface area contributed by atoms with Crippen molar-refractivity contribution in [1.82, 2.24) is 9.88 Å². The molecule has 0 bridgehead atoms. The van der Waals surface area contributed by atoms with E-state index in [1.807, 2.05) is 69.3 Å². The zero-order valence-corrected chi connectivity index (χ0v) is 22.4. The molecule has 0 fully saturated rings. The first kappa shape index (κ1) is 26.0. The van der Waals surface area contributed by atoms with E-state index in [0.29, 0.717) is 45.7 Å². The van der Waals surface area contributed by atoms with Gasteiger partial charge in [-0.1, -0.05) is 48.0 Å². The van der Waals surface area contributed by atoms with Crippen LogP contribution < -0.4 is 5.32 Å². The first-order valence-corrected chi connectivity index (χ1v) is 12.9. The summed E-state index contributed by atoms with van der Waals surface area (Å²) in [7, 11) is 1.28. The number of amides is 2. The molecule has 0 atom stereocenters. The van der Waals surface area contributed by atoms with Crippen LogP contribution >= 0.6 is 11.3 Å². The minimum Gasteiger partial charge on any atom is -0.465 e. The van der Waals surface area contributed by atoms with Crippen molar-refractivity contribution >= 4 is 45.0 Å². The van der Waals surface area contributed by atoms with Crippen LogP contribution in [-0.4, -0.2) is 47.9 Å². The summed E-state index contributed by atoms with van der Waals surface area (Å²) in [5.41, 5.74) is 4.45. The molecule has 2 heterocycles. The van der Waals surface area contributed by atoms with Gasteiger partial charge < -0.3 is 15.0 Å². The van der Waals surface area contributed by atoms with Gasteiger partial charge in [-0.05, 0) is 45.4 Å². The van der Waals surface area contributed by atoms with E-state index in [9.17, 15) is 14.4 Å². The second-order valence-corrected chi connectivity index (χ2v) is 9.64. The molecule has 2 aromatic heterocycles. The monoisotopic (exact) mass is 515 g/mol. The number of nitrogens with zero attached hydrogens (tertiary/aromatic N) is 2. The zero-order chi connectivity index (χ0) is 26.7. The number of para-hydroxylation sites is 1. The normalized spacial score (nSPS) is 10.8. The number of aromatic nitrogens is 1. The van der Waals surface area contributed by atoms with E-state index in [2.05, 4.69) is 5.32 Å². The summed E-state index contributed by atoms with van der Waals surface area (Å²) in [5.74, 6) is -1.20. The van der Waals surface area contributed by atoms with Crippen LogP contribution in [0.25, 0.3) is 22.2 Å². The number of pyridine rings is 1. The van der Waals surface area contributed by atoms with Gasteiger partial charge in [-0.2, -0.15) is 0 Å². The van der Waals surface area contributed by atoms with Crippen molar-refractivity contribution in [2.45, 2.75) is 27.7 Å². The van der Waals surface area contributed by atoms with E-state index in [1.165, 1.54) is 7.11 Å². The van der Waals surface area contributed by atoms with E-state index in [0.717, 1.165) is 22.5 Å². The molecule has 2 aromatic carbocycles. The van der Waals surface area contributed by atoms with Gasteiger partial charge in [0.2, 0.25) is 0 Å². The molecule has 0 saturated heterocycles. The molecule has 0 unspecified atom stereocenters. The minimum absolute atomic E-state index is 0.186. The molecular formula is C29H29N3O4S. The number of esters is 1. The lowest BCUT2D eigenvalue weighted by Gasteiger charge is -2.17. The number of hydrogen-bond acceptors (Lipinski definition) is 6. The van der Waals surface area contributed by atoms with Crippen molar-refractivity contribution in [3.8, 4) is 11.3 Å². The van der Waals surface area contributed by atoms with E-state index in [-0.39, 0.29) is 16.5 Å². The minimum atomic E-state index is -0.609. The Kier molecular flexibility index (Phi) is 7.69. The smallest absolute Gasteiger partial charge is 0.341 e. The zero-order valence-electron chi connectivity index (χ0n) is 21.5. The Hall–Kier alpha value is -4.04. The lowest BCUT2D eigenvalue weighted by molar-refractivity contribution is 0.0601. The molecule has 190 valence electrons. The molecule has 1 N–H and O–H groups in total. The van der Waals surface area contributed by atoms with Gasteiger partial charge in [0.25, 0.3) is 11.8 Å². The van der Waals surface area contributed by atoms with Gasteiger partial charge >= 0.3 is 5.97 Å². The summed E-state index contributed by atoms with van der Waals surface area (Å²) in [6.45, 7) is 8.58. The SMILES string of the molecule is CCN(CC)C(=O)c1sc(NC(=O)c2cc(-c3ccc(C)cc3)nc3ccccc23)c(C(=O)OC)c1C. The molecule has 7 nitrogen and oxygen atoms in total. The van der Waals surface area contributed by atoms with Gasteiger partial charge in [0.1, 0.15) is 5.00 Å². The molecule has 4 aromatic rings. The fraction of sp³-hybridized carbons (Fsp3) is 0.241. The predicted molar refractivity (Wildman–Crippen MR) is 148 cm³/mol. The fourth-order valence-corrected chi connectivity index (χ4v) is 5.37. The number of thiophene rings is 1. The Labute approximate surface area is 220 Å². The number of carbonyl (C=O) groups excluding carboxylic acids is 3. The third-order valence-corrected chi connectivity index (χ3v) is 7.51. The summed E-state index contributed by atoms with van der Waals surface area (Å²) in [4.78, 5) is 46.3. The number of rotatable bonds is 7. The fourth-order valence-electron chi connectivity index (χ4n) is 4.21. The standard InChI is InChI=1S/C29H29N3O4S/c1-6-32(7-2)28(34)25-18(4)24(29(35)36-5)27(37-25)31-26(33)21-16-23(19-14-12-17(3)13-15-19)30-22-11-9-8-10-20(21)22/h8-16H,6-7H2,1-5H3,(H,31,33). The summed E-state index contributed by atoms with van der Waals surface area (Å²) < 4.78 is 4.99. The summed E-state index contributed by atoms with van der Waals surface area (Å²) in [6, 6.07) is 17.1. The molecule has 0 aliphatic heterocycles. The molecule has 2 amide bonds. The average molecular weight is 516 g/mol. The van der Waals surface area contributed by atoms with Crippen molar-refractivity contribution in [2.75, 3.05) is 25.5 Å². The van der Waals surface area contributed by atoms with Gasteiger partial charge in [0, 0.05) is 24.0 Å². The van der Waals surface area contributed by atoms with Crippen molar-refractivity contribution in [2.24, 2.45) is 0 Å². The predicted octanol–water partition coefficient (Wildman–Crippen LogP) is 6.10. The molecule has 4 rings (SSSR count). The highest BCUT2D eigenvalue weighted by Crippen LogP contribution is 2.35. The number of fused-ring (bicyclic) bond motifs is 1. The second-order valence-electron chi connectivity index (χ2n) is 8.62. The van der Waals surface area contributed by atoms with Gasteiger partial charge in [-0.3, -0.25) is 9.59 Å². The van der Waals surface area contributed by atoms with E-state index >= 15 is 0 Å². The van der Waals surface area contributed by atoms with Crippen LogP contribution in [0.15, 0.2) is 54.6 Å². The number of hydrogen-bond donors (Lipinski definition) is 1. The third kappa shape index (κ3) is 5.11. The quantitative estimate of drug-likeness (QED) is 0.300. The molecule has 0 aliphatic carbocycles. The molecule has 0 aliphatic rings. The molecule has 8 heteroatoms. The van der Waals surface area contributed by atoms with Crippen molar-refractivity contribution in [1.29, 1.82) is 0 Å². The molecule has 0 saturated carbocycles. The van der Waals surface area contributed by atoms with E-state index in [4.69, 9.17) is 9.72 Å². The second kappa shape index (κ2) is 10.9. The van der Waals surface area contributed by atoms with Crippen LogP contribution in [0.3, 0.4) is 0 Å². The number of nitrogens with one attached hydrogen (secondary N) is 1. The average Bonchev–Trinajstić information content (AvgIpc) is 3.23. The number of methoxy groups -OCH3 is 1. The van der Waals surface area contributed by atoms with Crippen molar-refractivity contribution in [3.63, 3.8) is 0 Å². The number of ether oxygens (including phenoxy) is 1. The molecular weight excluding hydrogens is 486 g/mol. The number of anilines is 1. The highest BCUT2D eigenvalue weighted by Gasteiger charge is 2.28. The highest BCUT2D eigenvalue weighted by molar-refractivity contribution is 7.18. The van der Waals surface area contributed by atoms with Crippen LogP contribution in [0.5, 0.6) is 0 Å². The number of benzene rings is 2. The maximum Gasteiger partial charge on any atom is 0.341 e. The van der Waals surface area contributed by atoms with Crippen LogP contribution in [0, 0.1) is 13.8 Å². The first-order chi connectivity index (χ1) is 17.8. The maximum absolute atomic E-state index is 13.7. The van der Waals surface area contributed by atoms with Crippen molar-refractivity contribution < 1.29 is 19.1 Å². The molecule has 0 radical (unpaired) electrons. The Balaban J connectivity index is 1.80.